The van der Waals surface area contributed by atoms with Crippen LogP contribution in [0.4, 0.5) is 5.69 Å². The minimum Gasteiger partial charge on any atom is -0.378 e. The molecule has 0 radical (unpaired) electrons. The Morgan fingerprint density at radius 2 is 1.75 bits per heavy atom. The highest BCUT2D eigenvalue weighted by atomic mass is 15.1. The SMILES string of the molecule is CCNC(Cc1ccccc1)c1cccc(N(C)C)c1. The standard InChI is InChI=1S/C18H24N2/c1-4-19-18(13-15-9-6-5-7-10-15)16-11-8-12-17(14-16)20(2)3/h5-12,14,18-19H,4,13H2,1-3H3. The van der Waals surface area contributed by atoms with E-state index in [4.69, 9.17) is 0 Å². The summed E-state index contributed by atoms with van der Waals surface area (Å²) in [6.45, 7) is 3.14. The number of benzene rings is 2. The number of nitrogens with zero attached hydrogens (tertiary/aromatic N) is 1. The molecule has 20 heavy (non-hydrogen) atoms. The number of hydrogen-bond acceptors (Lipinski definition) is 2. The van der Waals surface area contributed by atoms with Gasteiger partial charge in [-0.3, -0.25) is 0 Å². The van der Waals surface area contributed by atoms with E-state index in [1.165, 1.54) is 16.8 Å². The molecule has 0 saturated carbocycles. The van der Waals surface area contributed by atoms with E-state index < -0.39 is 0 Å². The second-order valence-electron chi connectivity index (χ2n) is 5.29. The predicted molar refractivity (Wildman–Crippen MR) is 87.3 cm³/mol. The Hall–Kier alpha value is -1.80. The van der Waals surface area contributed by atoms with Crippen molar-refractivity contribution >= 4 is 5.69 Å². The molecule has 0 aliphatic carbocycles. The van der Waals surface area contributed by atoms with Crippen LogP contribution < -0.4 is 10.2 Å². The van der Waals surface area contributed by atoms with Crippen LogP contribution in [0.2, 0.25) is 0 Å². The Morgan fingerprint density at radius 1 is 1.00 bits per heavy atom. The zero-order chi connectivity index (χ0) is 14.4. The summed E-state index contributed by atoms with van der Waals surface area (Å²) in [5, 5.41) is 3.60. The number of anilines is 1. The zero-order valence-corrected chi connectivity index (χ0v) is 12.6. The van der Waals surface area contributed by atoms with Gasteiger partial charge in [0.15, 0.2) is 0 Å². The Kier molecular flexibility index (Phi) is 5.19. The molecular weight excluding hydrogens is 244 g/mol. The predicted octanol–water partition coefficient (Wildman–Crippen LogP) is 3.65. The van der Waals surface area contributed by atoms with E-state index in [2.05, 4.69) is 85.8 Å². The summed E-state index contributed by atoms with van der Waals surface area (Å²) in [4.78, 5) is 2.15. The molecule has 0 fully saturated rings. The minimum absolute atomic E-state index is 0.363. The minimum atomic E-state index is 0.363. The number of hydrogen-bond donors (Lipinski definition) is 1. The molecule has 0 aliphatic heterocycles. The summed E-state index contributed by atoms with van der Waals surface area (Å²) >= 11 is 0. The smallest absolute Gasteiger partial charge is 0.0364 e. The van der Waals surface area contributed by atoms with E-state index >= 15 is 0 Å². The van der Waals surface area contributed by atoms with Gasteiger partial charge in [0, 0.05) is 25.8 Å². The molecule has 2 rings (SSSR count). The second-order valence-corrected chi connectivity index (χ2v) is 5.29. The van der Waals surface area contributed by atoms with Gasteiger partial charge in [0.2, 0.25) is 0 Å². The summed E-state index contributed by atoms with van der Waals surface area (Å²) in [7, 11) is 4.16. The molecule has 2 aromatic rings. The molecule has 0 aliphatic rings. The molecule has 0 bridgehead atoms. The van der Waals surface area contributed by atoms with Gasteiger partial charge in [0.05, 0.1) is 0 Å². The van der Waals surface area contributed by atoms with Gasteiger partial charge >= 0.3 is 0 Å². The average Bonchev–Trinajstić information content (AvgIpc) is 2.48. The first-order valence-corrected chi connectivity index (χ1v) is 7.25. The summed E-state index contributed by atoms with van der Waals surface area (Å²) in [5.41, 5.74) is 3.97. The van der Waals surface area contributed by atoms with Crippen molar-refractivity contribution in [1.82, 2.24) is 5.32 Å². The van der Waals surface area contributed by atoms with Crippen LogP contribution in [0.1, 0.15) is 24.1 Å². The lowest BCUT2D eigenvalue weighted by Gasteiger charge is -2.21. The lowest BCUT2D eigenvalue weighted by Crippen LogP contribution is -2.23. The second kappa shape index (κ2) is 7.11. The third kappa shape index (κ3) is 3.84. The van der Waals surface area contributed by atoms with E-state index in [-0.39, 0.29) is 0 Å². The Morgan fingerprint density at radius 3 is 2.40 bits per heavy atom. The van der Waals surface area contributed by atoms with Gasteiger partial charge in [0.1, 0.15) is 0 Å². The van der Waals surface area contributed by atoms with Crippen LogP contribution in [-0.2, 0) is 6.42 Å². The van der Waals surface area contributed by atoms with Gasteiger partial charge in [-0.05, 0) is 36.2 Å². The van der Waals surface area contributed by atoms with E-state index in [1.807, 2.05) is 0 Å². The molecule has 1 N–H and O–H groups in total. The maximum absolute atomic E-state index is 3.60. The summed E-state index contributed by atoms with van der Waals surface area (Å²) in [6.07, 6.45) is 1.02. The van der Waals surface area contributed by atoms with Crippen molar-refractivity contribution in [3.8, 4) is 0 Å². The number of rotatable bonds is 6. The summed E-state index contributed by atoms with van der Waals surface area (Å²) < 4.78 is 0. The normalized spacial score (nSPS) is 12.2. The molecular formula is C18H24N2. The van der Waals surface area contributed by atoms with Crippen molar-refractivity contribution in [3.05, 3.63) is 65.7 Å². The fourth-order valence-electron chi connectivity index (χ4n) is 2.42. The third-order valence-corrected chi connectivity index (χ3v) is 3.52. The molecule has 0 heterocycles. The van der Waals surface area contributed by atoms with Crippen molar-refractivity contribution in [3.63, 3.8) is 0 Å². The molecule has 0 spiro atoms. The van der Waals surface area contributed by atoms with Gasteiger partial charge in [-0.15, -0.1) is 0 Å². The van der Waals surface area contributed by atoms with Crippen molar-refractivity contribution in [1.29, 1.82) is 0 Å². The molecule has 0 saturated heterocycles. The van der Waals surface area contributed by atoms with E-state index in [0.29, 0.717) is 6.04 Å². The topological polar surface area (TPSA) is 15.3 Å². The van der Waals surface area contributed by atoms with E-state index in [1.54, 1.807) is 0 Å². The highest BCUT2D eigenvalue weighted by Crippen LogP contribution is 2.22. The quantitative estimate of drug-likeness (QED) is 0.860. The van der Waals surface area contributed by atoms with Gasteiger partial charge in [-0.2, -0.15) is 0 Å². The van der Waals surface area contributed by atoms with Crippen LogP contribution in [0, 0.1) is 0 Å². The van der Waals surface area contributed by atoms with Gasteiger partial charge < -0.3 is 10.2 Å². The first-order valence-electron chi connectivity index (χ1n) is 7.25. The first kappa shape index (κ1) is 14.6. The van der Waals surface area contributed by atoms with Gasteiger partial charge in [-0.1, -0.05) is 49.4 Å². The molecule has 0 amide bonds. The van der Waals surface area contributed by atoms with Crippen molar-refractivity contribution in [2.24, 2.45) is 0 Å². The van der Waals surface area contributed by atoms with Crippen LogP contribution in [-0.4, -0.2) is 20.6 Å². The summed E-state index contributed by atoms with van der Waals surface area (Å²) in [6, 6.07) is 19.8. The van der Waals surface area contributed by atoms with Crippen LogP contribution in [0.15, 0.2) is 54.6 Å². The van der Waals surface area contributed by atoms with Gasteiger partial charge in [0.25, 0.3) is 0 Å². The lowest BCUT2D eigenvalue weighted by molar-refractivity contribution is 0.550. The fourth-order valence-corrected chi connectivity index (χ4v) is 2.42. The molecule has 1 unspecified atom stereocenters. The zero-order valence-electron chi connectivity index (χ0n) is 12.6. The van der Waals surface area contributed by atoms with Crippen molar-refractivity contribution < 1.29 is 0 Å². The molecule has 2 heteroatoms. The van der Waals surface area contributed by atoms with Gasteiger partial charge in [-0.25, -0.2) is 0 Å². The lowest BCUT2D eigenvalue weighted by atomic mass is 9.98. The Bertz CT molecular complexity index is 520. The maximum atomic E-state index is 3.60. The fraction of sp³-hybridized carbons (Fsp3) is 0.333. The monoisotopic (exact) mass is 268 g/mol. The van der Waals surface area contributed by atoms with Crippen LogP contribution in [0.5, 0.6) is 0 Å². The summed E-state index contributed by atoms with van der Waals surface area (Å²) in [5.74, 6) is 0. The van der Waals surface area contributed by atoms with Crippen LogP contribution in [0.25, 0.3) is 0 Å². The van der Waals surface area contributed by atoms with Crippen LogP contribution in [0.3, 0.4) is 0 Å². The number of nitrogens with one attached hydrogen (secondary N) is 1. The molecule has 2 nitrogen and oxygen atoms in total. The van der Waals surface area contributed by atoms with Crippen molar-refractivity contribution in [2.45, 2.75) is 19.4 Å². The Balaban J connectivity index is 2.21. The Labute approximate surface area is 122 Å². The first-order chi connectivity index (χ1) is 9.70. The van der Waals surface area contributed by atoms with E-state index in [0.717, 1.165) is 13.0 Å². The van der Waals surface area contributed by atoms with Crippen LogP contribution >= 0.6 is 0 Å². The maximum Gasteiger partial charge on any atom is 0.0364 e. The largest absolute Gasteiger partial charge is 0.378 e. The average molecular weight is 268 g/mol. The molecule has 2 aromatic carbocycles. The molecule has 106 valence electrons. The number of likely N-dealkylation sites (N-methyl/N-ethyl adjacent to an activating group) is 1. The third-order valence-electron chi connectivity index (χ3n) is 3.52. The highest BCUT2D eigenvalue weighted by molar-refractivity contribution is 5.48. The molecule has 0 aromatic heterocycles. The highest BCUT2D eigenvalue weighted by Gasteiger charge is 2.11. The van der Waals surface area contributed by atoms with E-state index in [9.17, 15) is 0 Å². The molecule has 1 atom stereocenters. The van der Waals surface area contributed by atoms with Crippen molar-refractivity contribution in [2.75, 3.05) is 25.5 Å².